The Balaban J connectivity index is 4.23. The van der Waals surface area contributed by atoms with Gasteiger partial charge in [-0.3, -0.25) is 0 Å². The van der Waals surface area contributed by atoms with Crippen LogP contribution in [0.5, 0.6) is 0 Å². The maximum absolute atomic E-state index is 5.46. The molecular weight excluding hydrogens is 168 g/mol. The van der Waals surface area contributed by atoms with E-state index in [4.69, 9.17) is 8.85 Å². The van der Waals surface area contributed by atoms with Gasteiger partial charge in [0.15, 0.2) is 0 Å². The molecule has 3 heteroatoms. The first-order valence-electron chi connectivity index (χ1n) is 4.52. The highest BCUT2D eigenvalue weighted by atomic mass is 28.4. The van der Waals surface area contributed by atoms with Crippen LogP contribution in [-0.4, -0.2) is 22.8 Å². The van der Waals surface area contributed by atoms with Crippen LogP contribution in [0.3, 0.4) is 0 Å². The lowest BCUT2D eigenvalue weighted by Crippen LogP contribution is -2.37. The smallest absolute Gasteiger partial charge is 0.364 e. The second kappa shape index (κ2) is 6.40. The van der Waals surface area contributed by atoms with Crippen molar-refractivity contribution in [3.63, 3.8) is 0 Å². The molecule has 0 rings (SSSR count). The summed E-state index contributed by atoms with van der Waals surface area (Å²) in [6.07, 6.45) is 4.29. The van der Waals surface area contributed by atoms with Gasteiger partial charge in [0.1, 0.15) is 0 Å². The van der Waals surface area contributed by atoms with E-state index < -0.39 is 8.56 Å². The van der Waals surface area contributed by atoms with E-state index in [1.807, 2.05) is 0 Å². The molecule has 12 heavy (non-hydrogen) atoms. The number of hydrogen-bond acceptors (Lipinski definition) is 2. The molecule has 0 amide bonds. The van der Waals surface area contributed by atoms with E-state index in [1.165, 1.54) is 0 Å². The van der Waals surface area contributed by atoms with Crippen molar-refractivity contribution in [2.75, 3.05) is 14.2 Å². The van der Waals surface area contributed by atoms with Crippen LogP contribution in [0.15, 0.2) is 11.8 Å². The Morgan fingerprint density at radius 1 is 1.17 bits per heavy atom. The molecule has 0 radical (unpaired) electrons. The van der Waals surface area contributed by atoms with Crippen LogP contribution in [0.1, 0.15) is 26.7 Å². The fourth-order valence-corrected chi connectivity index (χ4v) is 3.46. The van der Waals surface area contributed by atoms with Crippen molar-refractivity contribution in [1.82, 2.24) is 0 Å². The van der Waals surface area contributed by atoms with Gasteiger partial charge in [0.2, 0.25) is 0 Å². The fourth-order valence-electron chi connectivity index (χ4n) is 1.15. The van der Waals surface area contributed by atoms with Gasteiger partial charge in [-0.1, -0.05) is 26.3 Å². The van der Waals surface area contributed by atoms with Gasteiger partial charge < -0.3 is 8.85 Å². The molecule has 2 nitrogen and oxygen atoms in total. The fraction of sp³-hybridized carbons (Fsp3) is 0.778. The Kier molecular flexibility index (Phi) is 6.33. The molecular formula is C9H20O2Si. The molecule has 0 aliphatic carbocycles. The molecule has 0 fully saturated rings. The first-order valence-corrected chi connectivity index (χ1v) is 6.62. The van der Waals surface area contributed by atoms with Gasteiger partial charge in [0.25, 0.3) is 0 Å². The lowest BCUT2D eigenvalue weighted by atomic mass is 10.5. The maximum atomic E-state index is 5.46. The molecule has 72 valence electrons. The van der Waals surface area contributed by atoms with E-state index in [2.05, 4.69) is 25.6 Å². The molecule has 0 aromatic heterocycles. The number of allylic oxidation sites excluding steroid dienone is 1. The summed E-state index contributed by atoms with van der Waals surface area (Å²) in [5, 5.41) is 0. The molecule has 0 bridgehead atoms. The third kappa shape index (κ3) is 3.52. The van der Waals surface area contributed by atoms with E-state index in [-0.39, 0.29) is 0 Å². The summed E-state index contributed by atoms with van der Waals surface area (Å²) in [6.45, 7) is 4.27. The van der Waals surface area contributed by atoms with Crippen molar-refractivity contribution in [1.29, 1.82) is 0 Å². The van der Waals surface area contributed by atoms with E-state index in [0.717, 1.165) is 18.9 Å². The van der Waals surface area contributed by atoms with Crippen molar-refractivity contribution < 1.29 is 8.85 Å². The van der Waals surface area contributed by atoms with Crippen LogP contribution in [0.4, 0.5) is 0 Å². The number of hydrogen-bond donors (Lipinski definition) is 0. The Hall–Kier alpha value is -0.123. The van der Waals surface area contributed by atoms with Gasteiger partial charge in [-0.25, -0.2) is 0 Å². The zero-order valence-electron chi connectivity index (χ0n) is 8.59. The first kappa shape index (κ1) is 11.9. The van der Waals surface area contributed by atoms with E-state index in [0.29, 0.717) is 0 Å². The van der Waals surface area contributed by atoms with Crippen molar-refractivity contribution in [2.45, 2.75) is 32.7 Å². The van der Waals surface area contributed by atoms with Crippen LogP contribution in [0.2, 0.25) is 6.04 Å². The third-order valence-corrected chi connectivity index (χ3v) is 5.22. The minimum Gasteiger partial charge on any atom is -0.395 e. The molecule has 0 atom stereocenters. The van der Waals surface area contributed by atoms with Gasteiger partial charge in [0, 0.05) is 14.2 Å². The predicted octanol–water partition coefficient (Wildman–Crippen LogP) is 2.64. The highest BCUT2D eigenvalue weighted by Crippen LogP contribution is 2.15. The van der Waals surface area contributed by atoms with Crippen molar-refractivity contribution in [3.05, 3.63) is 11.8 Å². The van der Waals surface area contributed by atoms with Crippen LogP contribution in [0, 0.1) is 0 Å². The summed E-state index contributed by atoms with van der Waals surface area (Å²) in [6, 6.07) is 1.04. The van der Waals surface area contributed by atoms with Crippen LogP contribution < -0.4 is 0 Å². The molecule has 0 aromatic rings. The molecule has 0 unspecified atom stereocenters. The van der Waals surface area contributed by atoms with E-state index in [1.54, 1.807) is 14.2 Å². The highest BCUT2D eigenvalue weighted by molar-refractivity contribution is 6.72. The molecule has 0 aromatic carbocycles. The standard InChI is InChI=1S/C9H20O2Si/c1-5-7-9-12(10-3,11-4)8-6-2/h7,9H,5-6,8H2,1-4H3. The molecule has 0 heterocycles. The Labute approximate surface area is 76.8 Å². The summed E-state index contributed by atoms with van der Waals surface area (Å²) < 4.78 is 10.9. The highest BCUT2D eigenvalue weighted by Gasteiger charge is 2.30. The van der Waals surface area contributed by atoms with Crippen molar-refractivity contribution in [2.24, 2.45) is 0 Å². The first-order chi connectivity index (χ1) is 5.74. The summed E-state index contributed by atoms with van der Waals surface area (Å²) in [7, 11) is 1.54. The molecule has 0 aliphatic rings. The normalized spacial score (nSPS) is 12.7. The van der Waals surface area contributed by atoms with Crippen LogP contribution >= 0.6 is 0 Å². The second-order valence-electron chi connectivity index (χ2n) is 2.78. The molecule has 0 N–H and O–H groups in total. The quantitative estimate of drug-likeness (QED) is 0.597. The minimum absolute atomic E-state index is 1.04. The van der Waals surface area contributed by atoms with Crippen LogP contribution in [-0.2, 0) is 8.85 Å². The van der Waals surface area contributed by atoms with E-state index in [9.17, 15) is 0 Å². The number of rotatable bonds is 6. The molecule has 0 aliphatic heterocycles. The lowest BCUT2D eigenvalue weighted by molar-refractivity contribution is 0.255. The van der Waals surface area contributed by atoms with E-state index >= 15 is 0 Å². The largest absolute Gasteiger partial charge is 0.395 e. The van der Waals surface area contributed by atoms with Gasteiger partial charge in [-0.2, -0.15) is 0 Å². The van der Waals surface area contributed by atoms with Gasteiger partial charge in [-0.15, -0.1) is 0 Å². The second-order valence-corrected chi connectivity index (χ2v) is 6.05. The van der Waals surface area contributed by atoms with Crippen molar-refractivity contribution >= 4 is 8.56 Å². The molecule has 0 spiro atoms. The summed E-state index contributed by atoms with van der Waals surface area (Å²) in [5.74, 6) is 0. The zero-order chi connectivity index (χ0) is 9.45. The Morgan fingerprint density at radius 2 is 1.75 bits per heavy atom. The zero-order valence-corrected chi connectivity index (χ0v) is 9.59. The predicted molar refractivity (Wildman–Crippen MR) is 54.3 cm³/mol. The third-order valence-electron chi connectivity index (χ3n) is 1.90. The minimum atomic E-state index is -1.94. The summed E-state index contributed by atoms with van der Waals surface area (Å²) in [4.78, 5) is 0. The van der Waals surface area contributed by atoms with Gasteiger partial charge >= 0.3 is 8.56 Å². The van der Waals surface area contributed by atoms with Gasteiger partial charge in [-0.05, 0) is 18.2 Å². The monoisotopic (exact) mass is 188 g/mol. The maximum Gasteiger partial charge on any atom is 0.364 e. The van der Waals surface area contributed by atoms with Gasteiger partial charge in [0.05, 0.1) is 0 Å². The Morgan fingerprint density at radius 3 is 2.08 bits per heavy atom. The average Bonchev–Trinajstić information content (AvgIpc) is 2.13. The topological polar surface area (TPSA) is 18.5 Å². The SMILES string of the molecule is CCC=C[Si](CCC)(OC)OC. The summed E-state index contributed by atoms with van der Waals surface area (Å²) in [5.41, 5.74) is 2.14. The van der Waals surface area contributed by atoms with Crippen LogP contribution in [0.25, 0.3) is 0 Å². The molecule has 0 saturated heterocycles. The lowest BCUT2D eigenvalue weighted by Gasteiger charge is -2.23. The molecule has 0 saturated carbocycles. The average molecular weight is 188 g/mol. The summed E-state index contributed by atoms with van der Waals surface area (Å²) >= 11 is 0. The Bertz CT molecular complexity index is 130. The van der Waals surface area contributed by atoms with Crippen molar-refractivity contribution in [3.8, 4) is 0 Å².